The molecule has 1 N–H and O–H groups in total. The summed E-state index contributed by atoms with van der Waals surface area (Å²) in [5, 5.41) is 2.94. The van der Waals surface area contributed by atoms with Crippen molar-refractivity contribution in [2.75, 3.05) is 18.8 Å². The molecule has 0 spiro atoms. The summed E-state index contributed by atoms with van der Waals surface area (Å²) in [4.78, 5) is 32.5. The van der Waals surface area contributed by atoms with Crippen LogP contribution in [0.25, 0.3) is 11.0 Å². The third-order valence-electron chi connectivity index (χ3n) is 7.79. The zero-order valence-electron chi connectivity index (χ0n) is 24.4. The highest BCUT2D eigenvalue weighted by Crippen LogP contribution is 2.40. The Labute approximate surface area is 242 Å². The molecule has 1 saturated carbocycles. The van der Waals surface area contributed by atoms with Crippen LogP contribution in [0, 0.1) is 5.92 Å². The molecule has 1 aliphatic carbocycles. The highest BCUT2D eigenvalue weighted by molar-refractivity contribution is 7.91. The minimum absolute atomic E-state index is 0.0527. The molecule has 10 heteroatoms. The molecule has 0 unspecified atom stereocenters. The number of nitrogens with one attached hydrogen (secondary N) is 1. The van der Waals surface area contributed by atoms with Crippen LogP contribution < -0.4 is 5.32 Å². The van der Waals surface area contributed by atoms with Crippen molar-refractivity contribution in [1.82, 2.24) is 19.8 Å². The van der Waals surface area contributed by atoms with E-state index in [-0.39, 0.29) is 22.6 Å². The number of piperidine rings is 1. The monoisotopic (exact) mass is 580 g/mol. The predicted molar refractivity (Wildman–Crippen MR) is 158 cm³/mol. The molecular weight excluding hydrogens is 540 g/mol. The van der Waals surface area contributed by atoms with Crippen molar-refractivity contribution in [3.63, 3.8) is 0 Å². The number of hydrogen-bond donors (Lipinski definition) is 1. The van der Waals surface area contributed by atoms with E-state index in [9.17, 15) is 18.0 Å². The van der Waals surface area contributed by atoms with E-state index in [1.807, 2.05) is 39.0 Å². The van der Waals surface area contributed by atoms with Gasteiger partial charge in [-0.15, -0.1) is 0 Å². The normalized spacial score (nSPS) is 16.6. The maximum Gasteiger partial charge on any atom is 0.410 e. The van der Waals surface area contributed by atoms with Crippen molar-refractivity contribution in [2.24, 2.45) is 5.92 Å². The highest BCUT2D eigenvalue weighted by atomic mass is 32.2. The van der Waals surface area contributed by atoms with Gasteiger partial charge in [0.05, 0.1) is 21.7 Å². The zero-order valence-corrected chi connectivity index (χ0v) is 25.2. The Morgan fingerprint density at radius 2 is 1.71 bits per heavy atom. The fourth-order valence-electron chi connectivity index (χ4n) is 5.34. The van der Waals surface area contributed by atoms with Gasteiger partial charge in [0.2, 0.25) is 0 Å². The molecule has 2 amide bonds. The summed E-state index contributed by atoms with van der Waals surface area (Å²) in [6.45, 7) is 8.95. The van der Waals surface area contributed by atoms with Crippen molar-refractivity contribution in [3.8, 4) is 0 Å². The number of carbonyl (C=O) groups excluding carboxylic acids is 2. The number of ether oxygens (including phenoxy) is 1. The molecule has 1 aliphatic heterocycles. The molecule has 1 aromatic heterocycles. The average molecular weight is 581 g/mol. The lowest BCUT2D eigenvalue weighted by Crippen LogP contribution is -2.42. The lowest BCUT2D eigenvalue weighted by atomic mass is 9.93. The number of imidazole rings is 1. The van der Waals surface area contributed by atoms with Gasteiger partial charge < -0.3 is 19.5 Å². The summed E-state index contributed by atoms with van der Waals surface area (Å²) in [6.07, 6.45) is 4.69. The third-order valence-corrected chi connectivity index (χ3v) is 9.54. The standard InChI is InChI=1S/C31H40N4O5S/c1-5-41(38,39)25-11-6-22(7-12-25)20-32-29(36)23-8-13-27-26(19-23)33-28(35(27)24-9-10-24)18-21-14-16-34(17-15-21)30(37)40-31(2,3)4/h6-8,11-13,19,21,24H,5,9-10,14-18,20H2,1-4H3,(H,32,36). The van der Waals surface area contributed by atoms with Gasteiger partial charge in [0, 0.05) is 37.7 Å². The Hall–Kier alpha value is -3.40. The molecule has 3 aromatic rings. The SMILES string of the molecule is CCS(=O)(=O)c1ccc(CNC(=O)c2ccc3c(c2)nc(CC2CCN(C(=O)OC(C)(C)C)CC2)n3C2CC2)cc1. The summed E-state index contributed by atoms with van der Waals surface area (Å²) < 4.78 is 32.0. The Balaban J connectivity index is 1.24. The molecule has 0 radical (unpaired) electrons. The zero-order chi connectivity index (χ0) is 29.4. The van der Waals surface area contributed by atoms with Crippen molar-refractivity contribution in [3.05, 3.63) is 59.4 Å². The van der Waals surface area contributed by atoms with Crippen LogP contribution in [0.1, 0.15) is 81.2 Å². The van der Waals surface area contributed by atoms with E-state index in [0.717, 1.165) is 54.5 Å². The molecule has 0 bridgehead atoms. The average Bonchev–Trinajstić information content (AvgIpc) is 3.71. The minimum atomic E-state index is -3.25. The molecule has 5 rings (SSSR count). The van der Waals surface area contributed by atoms with Crippen LogP contribution in [0.15, 0.2) is 47.4 Å². The number of carbonyl (C=O) groups is 2. The van der Waals surface area contributed by atoms with Gasteiger partial charge in [-0.3, -0.25) is 4.79 Å². The third kappa shape index (κ3) is 6.92. The largest absolute Gasteiger partial charge is 0.444 e. The number of sulfone groups is 1. The van der Waals surface area contributed by atoms with Crippen LogP contribution in [-0.4, -0.2) is 59.3 Å². The lowest BCUT2D eigenvalue weighted by molar-refractivity contribution is 0.0183. The number of benzene rings is 2. The van der Waals surface area contributed by atoms with E-state index in [2.05, 4.69) is 9.88 Å². The van der Waals surface area contributed by atoms with Gasteiger partial charge in [0.15, 0.2) is 9.84 Å². The van der Waals surface area contributed by atoms with E-state index >= 15 is 0 Å². The number of aromatic nitrogens is 2. The molecule has 2 fully saturated rings. The summed E-state index contributed by atoms with van der Waals surface area (Å²) >= 11 is 0. The van der Waals surface area contributed by atoms with Crippen LogP contribution in [0.5, 0.6) is 0 Å². The fourth-order valence-corrected chi connectivity index (χ4v) is 6.23. The maximum atomic E-state index is 13.0. The molecular formula is C31H40N4O5S. The summed E-state index contributed by atoms with van der Waals surface area (Å²) in [5.41, 5.74) is 2.75. The first kappa shape index (κ1) is 29.1. The van der Waals surface area contributed by atoms with Gasteiger partial charge in [-0.1, -0.05) is 19.1 Å². The highest BCUT2D eigenvalue weighted by Gasteiger charge is 2.31. The topological polar surface area (TPSA) is 111 Å². The Morgan fingerprint density at radius 3 is 2.32 bits per heavy atom. The Bertz CT molecular complexity index is 1530. The molecule has 1 saturated heterocycles. The van der Waals surface area contributed by atoms with Crippen molar-refractivity contribution < 1.29 is 22.7 Å². The molecule has 2 aromatic carbocycles. The van der Waals surface area contributed by atoms with E-state index in [1.54, 1.807) is 36.1 Å². The predicted octanol–water partition coefficient (Wildman–Crippen LogP) is 5.28. The molecule has 220 valence electrons. The number of amides is 2. The first-order valence-corrected chi connectivity index (χ1v) is 16.2. The summed E-state index contributed by atoms with van der Waals surface area (Å²) in [5.74, 6) is 1.34. The van der Waals surface area contributed by atoms with Gasteiger partial charge in [0.25, 0.3) is 5.91 Å². The molecule has 41 heavy (non-hydrogen) atoms. The number of likely N-dealkylation sites (tertiary alicyclic amines) is 1. The van der Waals surface area contributed by atoms with Crippen molar-refractivity contribution >= 4 is 32.9 Å². The van der Waals surface area contributed by atoms with Gasteiger partial charge in [-0.05, 0) is 88.3 Å². The number of fused-ring (bicyclic) bond motifs is 1. The second-order valence-corrected chi connectivity index (χ2v) is 14.5. The maximum absolute atomic E-state index is 13.0. The Morgan fingerprint density at radius 1 is 1.02 bits per heavy atom. The van der Waals surface area contributed by atoms with Crippen LogP contribution in [-0.2, 0) is 27.5 Å². The van der Waals surface area contributed by atoms with Crippen molar-refractivity contribution in [1.29, 1.82) is 0 Å². The minimum Gasteiger partial charge on any atom is -0.444 e. The van der Waals surface area contributed by atoms with E-state index in [1.165, 1.54) is 0 Å². The van der Waals surface area contributed by atoms with E-state index < -0.39 is 15.4 Å². The first-order valence-electron chi connectivity index (χ1n) is 14.5. The quantitative estimate of drug-likeness (QED) is 0.388. The van der Waals surface area contributed by atoms with E-state index in [0.29, 0.717) is 37.2 Å². The van der Waals surface area contributed by atoms with Gasteiger partial charge in [0.1, 0.15) is 11.4 Å². The van der Waals surface area contributed by atoms with Crippen LogP contribution in [0.3, 0.4) is 0 Å². The summed E-state index contributed by atoms with van der Waals surface area (Å²) in [7, 11) is -3.25. The number of nitrogens with zero attached hydrogens (tertiary/aromatic N) is 3. The molecule has 2 aliphatic rings. The molecule has 2 heterocycles. The fraction of sp³-hybridized carbons (Fsp3) is 0.516. The number of rotatable bonds is 8. The van der Waals surface area contributed by atoms with E-state index in [4.69, 9.17) is 9.72 Å². The second-order valence-electron chi connectivity index (χ2n) is 12.2. The van der Waals surface area contributed by atoms with Gasteiger partial charge >= 0.3 is 6.09 Å². The second kappa shape index (κ2) is 11.5. The smallest absolute Gasteiger partial charge is 0.410 e. The van der Waals surface area contributed by atoms with Crippen LogP contribution in [0.4, 0.5) is 4.79 Å². The molecule has 0 atom stereocenters. The van der Waals surface area contributed by atoms with Crippen molar-refractivity contribution in [2.45, 2.75) is 82.9 Å². The van der Waals surface area contributed by atoms with Gasteiger partial charge in [-0.2, -0.15) is 0 Å². The molecule has 9 nitrogen and oxygen atoms in total. The lowest BCUT2D eigenvalue weighted by Gasteiger charge is -2.33. The first-order chi connectivity index (χ1) is 19.4. The number of hydrogen-bond acceptors (Lipinski definition) is 6. The summed E-state index contributed by atoms with van der Waals surface area (Å²) in [6, 6.07) is 12.8. The van der Waals surface area contributed by atoms with Gasteiger partial charge in [-0.25, -0.2) is 18.2 Å². The van der Waals surface area contributed by atoms with Crippen LogP contribution >= 0.6 is 0 Å². The van der Waals surface area contributed by atoms with Crippen LogP contribution in [0.2, 0.25) is 0 Å². The Kier molecular flexibility index (Phi) is 8.14.